The van der Waals surface area contributed by atoms with Crippen LogP contribution in [-0.2, 0) is 11.4 Å². The van der Waals surface area contributed by atoms with Crippen molar-refractivity contribution in [2.24, 2.45) is 5.10 Å². The molecule has 168 valence electrons. The summed E-state index contributed by atoms with van der Waals surface area (Å²) in [5, 5.41) is 6.92. The van der Waals surface area contributed by atoms with Crippen molar-refractivity contribution in [3.8, 4) is 11.5 Å². The number of anilines is 1. The summed E-state index contributed by atoms with van der Waals surface area (Å²) < 4.78 is 11.8. The number of hydrazone groups is 1. The van der Waals surface area contributed by atoms with Gasteiger partial charge in [-0.05, 0) is 61.9 Å². The molecule has 0 saturated heterocycles. The van der Waals surface area contributed by atoms with Crippen molar-refractivity contribution in [3.63, 3.8) is 0 Å². The van der Waals surface area contributed by atoms with E-state index < -0.39 is 0 Å². The Balaban J connectivity index is 1.58. The Morgan fingerprint density at radius 2 is 1.67 bits per heavy atom. The van der Waals surface area contributed by atoms with Crippen molar-refractivity contribution in [1.29, 1.82) is 0 Å². The van der Waals surface area contributed by atoms with Crippen LogP contribution in [0.3, 0.4) is 0 Å². The maximum absolute atomic E-state index is 13.0. The molecule has 3 aromatic rings. The summed E-state index contributed by atoms with van der Waals surface area (Å²) in [5.74, 6) is 0.948. The monoisotopic (exact) mass is 480 g/mol. The molecule has 0 bridgehead atoms. The van der Waals surface area contributed by atoms with Crippen LogP contribution in [0.4, 0.5) is 5.69 Å². The van der Waals surface area contributed by atoms with Gasteiger partial charge in [-0.25, -0.2) is 0 Å². The lowest BCUT2D eigenvalue weighted by atomic mass is 10.1. The summed E-state index contributed by atoms with van der Waals surface area (Å²) in [5.41, 5.74) is 3.41. The summed E-state index contributed by atoms with van der Waals surface area (Å²) in [4.78, 5) is 13.0. The molecule has 0 atom stereocenters. The van der Waals surface area contributed by atoms with Gasteiger partial charge >= 0.3 is 0 Å². The highest BCUT2D eigenvalue weighted by Crippen LogP contribution is 2.33. The van der Waals surface area contributed by atoms with E-state index in [-0.39, 0.29) is 12.5 Å². The van der Waals surface area contributed by atoms with Gasteiger partial charge in [-0.2, -0.15) is 10.1 Å². The molecule has 4 rings (SSSR count). The Morgan fingerprint density at radius 3 is 2.36 bits per heavy atom. The number of hydrogen-bond donors (Lipinski definition) is 0. The number of carbonyl (C=O) groups excluding carboxylic acids is 1. The van der Waals surface area contributed by atoms with E-state index >= 15 is 0 Å². The molecular weight excluding hydrogens is 459 g/mol. The van der Waals surface area contributed by atoms with E-state index in [0.29, 0.717) is 45.0 Å². The van der Waals surface area contributed by atoms with Crippen LogP contribution in [-0.4, -0.2) is 18.2 Å². The van der Waals surface area contributed by atoms with E-state index in [4.69, 9.17) is 32.7 Å². The minimum Gasteiger partial charge on any atom is -0.490 e. The molecule has 0 radical (unpaired) electrons. The van der Waals surface area contributed by atoms with Crippen molar-refractivity contribution in [2.75, 3.05) is 11.6 Å². The van der Waals surface area contributed by atoms with Crippen LogP contribution in [0.15, 0.2) is 77.4 Å². The fourth-order valence-corrected chi connectivity index (χ4v) is 3.92. The summed E-state index contributed by atoms with van der Waals surface area (Å²) in [7, 11) is 0. The van der Waals surface area contributed by atoms with Crippen LogP contribution in [0.25, 0.3) is 6.08 Å². The van der Waals surface area contributed by atoms with Gasteiger partial charge in [0.1, 0.15) is 6.61 Å². The van der Waals surface area contributed by atoms with Gasteiger partial charge < -0.3 is 9.47 Å². The van der Waals surface area contributed by atoms with E-state index in [1.54, 1.807) is 24.3 Å². The maximum Gasteiger partial charge on any atom is 0.280 e. The minimum atomic E-state index is -0.176. The smallest absolute Gasteiger partial charge is 0.280 e. The third-order valence-electron chi connectivity index (χ3n) is 5.08. The van der Waals surface area contributed by atoms with Gasteiger partial charge in [-0.1, -0.05) is 53.5 Å². The van der Waals surface area contributed by atoms with E-state index in [9.17, 15) is 4.79 Å². The summed E-state index contributed by atoms with van der Waals surface area (Å²) in [6.45, 7) is 4.38. The molecule has 0 aromatic heterocycles. The van der Waals surface area contributed by atoms with E-state index in [2.05, 4.69) is 5.10 Å². The molecule has 1 amide bonds. The highest BCUT2D eigenvalue weighted by atomic mass is 35.5. The van der Waals surface area contributed by atoms with Gasteiger partial charge in [0, 0.05) is 15.6 Å². The molecule has 0 unspecified atom stereocenters. The average molecular weight is 481 g/mol. The van der Waals surface area contributed by atoms with E-state index in [0.717, 1.165) is 11.3 Å². The fourth-order valence-electron chi connectivity index (χ4n) is 3.42. The Kier molecular flexibility index (Phi) is 7.02. The lowest BCUT2D eigenvalue weighted by Gasteiger charge is -2.14. The zero-order valence-electron chi connectivity index (χ0n) is 18.2. The first-order valence-corrected chi connectivity index (χ1v) is 11.2. The first kappa shape index (κ1) is 22.9. The zero-order valence-corrected chi connectivity index (χ0v) is 19.7. The molecule has 7 heteroatoms. The largest absolute Gasteiger partial charge is 0.490 e. The summed E-state index contributed by atoms with van der Waals surface area (Å²) >= 11 is 12.5. The number of para-hydroxylation sites is 1. The van der Waals surface area contributed by atoms with E-state index in [1.165, 1.54) is 5.01 Å². The fraction of sp³-hybridized carbons (Fsp3) is 0.154. The second-order valence-electron chi connectivity index (χ2n) is 7.32. The van der Waals surface area contributed by atoms with Crippen molar-refractivity contribution >= 4 is 46.6 Å². The van der Waals surface area contributed by atoms with Gasteiger partial charge in [0.15, 0.2) is 11.5 Å². The van der Waals surface area contributed by atoms with Crippen molar-refractivity contribution in [3.05, 3.63) is 93.5 Å². The van der Waals surface area contributed by atoms with Gasteiger partial charge in [0.05, 0.1) is 23.6 Å². The van der Waals surface area contributed by atoms with Crippen molar-refractivity contribution in [2.45, 2.75) is 20.5 Å². The SMILES string of the molecule is CCOc1cc(/C=C2/C(=O)N(c3ccccc3)N=C2C)ccc1OCc1c(Cl)cccc1Cl. The summed E-state index contributed by atoms with van der Waals surface area (Å²) in [6.07, 6.45) is 1.81. The van der Waals surface area contributed by atoms with E-state index in [1.807, 2.05) is 62.4 Å². The highest BCUT2D eigenvalue weighted by Gasteiger charge is 2.28. The van der Waals surface area contributed by atoms with Crippen LogP contribution in [0, 0.1) is 0 Å². The van der Waals surface area contributed by atoms with Gasteiger partial charge in [0.25, 0.3) is 5.91 Å². The molecule has 5 nitrogen and oxygen atoms in total. The number of rotatable bonds is 7. The highest BCUT2D eigenvalue weighted by molar-refractivity contribution is 6.36. The van der Waals surface area contributed by atoms with Crippen molar-refractivity contribution < 1.29 is 14.3 Å². The van der Waals surface area contributed by atoms with Crippen molar-refractivity contribution in [1.82, 2.24) is 0 Å². The summed E-state index contributed by atoms with van der Waals surface area (Å²) in [6, 6.07) is 20.2. The lowest BCUT2D eigenvalue weighted by molar-refractivity contribution is -0.114. The Labute approximate surface area is 202 Å². The van der Waals surface area contributed by atoms with Crippen LogP contribution < -0.4 is 14.5 Å². The molecule has 3 aromatic carbocycles. The number of halogens is 2. The zero-order chi connectivity index (χ0) is 23.4. The predicted octanol–water partition coefficient (Wildman–Crippen LogP) is 6.78. The molecule has 0 aliphatic carbocycles. The number of amides is 1. The van der Waals surface area contributed by atoms with Crippen LogP contribution >= 0.6 is 23.2 Å². The van der Waals surface area contributed by atoms with Gasteiger partial charge in [-0.3, -0.25) is 4.79 Å². The molecule has 0 saturated carbocycles. The Bertz CT molecular complexity index is 1220. The van der Waals surface area contributed by atoms with Crippen LogP contribution in [0.1, 0.15) is 25.0 Å². The Morgan fingerprint density at radius 1 is 0.939 bits per heavy atom. The molecule has 1 heterocycles. The molecular formula is C26H22Cl2N2O3. The Hall–Kier alpha value is -3.28. The second kappa shape index (κ2) is 10.1. The maximum atomic E-state index is 13.0. The number of benzene rings is 3. The predicted molar refractivity (Wildman–Crippen MR) is 133 cm³/mol. The molecule has 0 N–H and O–H groups in total. The van der Waals surface area contributed by atoms with Gasteiger partial charge in [0.2, 0.25) is 0 Å². The number of ether oxygens (including phenoxy) is 2. The standard InChI is InChI=1S/C26H22Cl2N2O3/c1-3-32-25-15-18(12-13-24(25)33-16-21-22(27)10-7-11-23(21)28)14-20-17(2)29-30(26(20)31)19-8-5-4-6-9-19/h4-15H,3,16H2,1-2H3/b20-14+. The number of nitrogens with zero attached hydrogens (tertiary/aromatic N) is 2. The number of carbonyl (C=O) groups is 1. The third kappa shape index (κ3) is 5.05. The first-order valence-electron chi connectivity index (χ1n) is 10.5. The quantitative estimate of drug-likeness (QED) is 0.350. The molecule has 0 spiro atoms. The minimum absolute atomic E-state index is 0.176. The molecule has 1 aliphatic heterocycles. The number of hydrogen-bond acceptors (Lipinski definition) is 4. The molecule has 33 heavy (non-hydrogen) atoms. The van der Waals surface area contributed by atoms with Gasteiger partial charge in [-0.15, -0.1) is 0 Å². The molecule has 0 fully saturated rings. The van der Waals surface area contributed by atoms with Crippen LogP contribution in [0.2, 0.25) is 10.0 Å². The third-order valence-corrected chi connectivity index (χ3v) is 5.78. The average Bonchev–Trinajstić information content (AvgIpc) is 3.09. The molecule has 1 aliphatic rings. The normalized spacial score (nSPS) is 14.5. The first-order chi connectivity index (χ1) is 16.0. The topological polar surface area (TPSA) is 51.1 Å². The second-order valence-corrected chi connectivity index (χ2v) is 8.14. The van der Waals surface area contributed by atoms with Crippen LogP contribution in [0.5, 0.6) is 11.5 Å². The lowest BCUT2D eigenvalue weighted by Crippen LogP contribution is -2.21.